The standard InChI is InChI=1S/C26H24N6/c1-16-24(26-29-31-32-30-26)25(17-7-3-2-4-8-17)22-15-20(11-12-23(22)27-16)28-21-13-18-9-5-6-10-19(18)14-21/h2-12,15,21,28,31-32H,13-14H2,1H3,(H,29,30). The van der Waals surface area contributed by atoms with E-state index >= 15 is 0 Å². The Morgan fingerprint density at radius 1 is 0.875 bits per heavy atom. The summed E-state index contributed by atoms with van der Waals surface area (Å²) in [5.74, 6) is 0.736. The Hall–Kier alpha value is -3.90. The number of hydrogen-bond donors (Lipinski definition) is 4. The first-order chi connectivity index (χ1) is 15.8. The van der Waals surface area contributed by atoms with Crippen LogP contribution in [0.2, 0.25) is 0 Å². The smallest absolute Gasteiger partial charge is 0.172 e. The Morgan fingerprint density at radius 2 is 1.62 bits per heavy atom. The predicted octanol–water partition coefficient (Wildman–Crippen LogP) is 4.06. The molecule has 2 heterocycles. The van der Waals surface area contributed by atoms with Gasteiger partial charge in [0.05, 0.1) is 5.52 Å². The Balaban J connectivity index is 1.46. The van der Waals surface area contributed by atoms with E-state index in [-0.39, 0.29) is 0 Å². The molecule has 158 valence electrons. The molecule has 1 aliphatic heterocycles. The Morgan fingerprint density at radius 3 is 2.34 bits per heavy atom. The number of hydrazine groups is 2. The van der Waals surface area contributed by atoms with E-state index < -0.39 is 0 Å². The molecule has 4 N–H and O–H groups in total. The third kappa shape index (κ3) is 3.25. The highest BCUT2D eigenvalue weighted by atomic mass is 15.8. The maximum Gasteiger partial charge on any atom is 0.172 e. The van der Waals surface area contributed by atoms with Gasteiger partial charge in [-0.3, -0.25) is 10.4 Å². The molecular weight excluding hydrogens is 396 g/mol. The van der Waals surface area contributed by atoms with Crippen molar-refractivity contribution in [3.8, 4) is 11.1 Å². The number of pyridine rings is 1. The largest absolute Gasteiger partial charge is 0.382 e. The van der Waals surface area contributed by atoms with Crippen LogP contribution in [0.5, 0.6) is 0 Å². The Kier molecular flexibility index (Phi) is 4.51. The van der Waals surface area contributed by atoms with Crippen LogP contribution in [-0.2, 0) is 12.8 Å². The average Bonchev–Trinajstić information content (AvgIpc) is 3.48. The molecule has 0 unspecified atom stereocenters. The third-order valence-corrected chi connectivity index (χ3v) is 6.29. The van der Waals surface area contributed by atoms with E-state index in [2.05, 4.69) is 93.6 Å². The number of hydrogen-bond acceptors (Lipinski definition) is 6. The molecule has 0 atom stereocenters. The van der Waals surface area contributed by atoms with Gasteiger partial charge in [-0.15, -0.1) is 10.6 Å². The van der Waals surface area contributed by atoms with Crippen molar-refractivity contribution in [2.45, 2.75) is 25.8 Å². The van der Waals surface area contributed by atoms with Crippen molar-refractivity contribution >= 4 is 22.4 Å². The first-order valence-corrected chi connectivity index (χ1v) is 10.9. The fourth-order valence-electron chi connectivity index (χ4n) is 4.88. The number of nitrogens with one attached hydrogen (secondary N) is 4. The van der Waals surface area contributed by atoms with Crippen molar-refractivity contribution in [3.05, 3.63) is 95.2 Å². The molecule has 6 nitrogen and oxygen atoms in total. The van der Waals surface area contributed by atoms with Gasteiger partial charge < -0.3 is 5.32 Å². The van der Waals surface area contributed by atoms with Crippen LogP contribution in [0.4, 0.5) is 5.69 Å². The van der Waals surface area contributed by atoms with Crippen LogP contribution in [0.15, 0.2) is 77.9 Å². The number of benzene rings is 3. The molecule has 1 aromatic heterocycles. The number of nitrogens with zero attached hydrogens (tertiary/aromatic N) is 2. The number of hydrazone groups is 1. The predicted molar refractivity (Wildman–Crippen MR) is 129 cm³/mol. The van der Waals surface area contributed by atoms with Crippen molar-refractivity contribution in [2.75, 3.05) is 5.32 Å². The fraction of sp³-hybridized carbons (Fsp3) is 0.154. The van der Waals surface area contributed by atoms with E-state index in [9.17, 15) is 0 Å². The second kappa shape index (κ2) is 7.66. The zero-order valence-electron chi connectivity index (χ0n) is 17.8. The topological polar surface area (TPSA) is 73.4 Å². The Labute approximate surface area is 186 Å². The highest BCUT2D eigenvalue weighted by molar-refractivity contribution is 6.12. The third-order valence-electron chi connectivity index (χ3n) is 6.29. The van der Waals surface area contributed by atoms with E-state index in [1.807, 2.05) is 13.0 Å². The maximum atomic E-state index is 4.91. The molecule has 0 radical (unpaired) electrons. The monoisotopic (exact) mass is 420 g/mol. The molecule has 0 fully saturated rings. The van der Waals surface area contributed by atoms with Crippen molar-refractivity contribution in [1.29, 1.82) is 0 Å². The lowest BCUT2D eigenvalue weighted by Crippen LogP contribution is -2.35. The van der Waals surface area contributed by atoms with Crippen LogP contribution in [0.1, 0.15) is 22.4 Å². The molecule has 1 aliphatic carbocycles. The minimum atomic E-state index is 0.400. The highest BCUT2D eigenvalue weighted by Gasteiger charge is 2.23. The number of rotatable bonds is 4. The van der Waals surface area contributed by atoms with Gasteiger partial charge in [0.2, 0.25) is 0 Å². The number of aromatic nitrogens is 1. The van der Waals surface area contributed by atoms with Crippen LogP contribution in [0.3, 0.4) is 0 Å². The molecule has 6 heteroatoms. The molecule has 32 heavy (non-hydrogen) atoms. The lowest BCUT2D eigenvalue weighted by atomic mass is 9.93. The molecule has 0 saturated heterocycles. The molecule has 0 spiro atoms. The van der Waals surface area contributed by atoms with E-state index in [0.29, 0.717) is 6.04 Å². The molecule has 3 aromatic carbocycles. The molecular formula is C26H24N6. The van der Waals surface area contributed by atoms with Gasteiger partial charge in [-0.25, -0.2) is 5.53 Å². The number of anilines is 1. The molecule has 2 aliphatic rings. The number of amidine groups is 1. The van der Waals surface area contributed by atoms with Crippen LogP contribution in [-0.4, -0.2) is 16.9 Å². The molecule has 0 amide bonds. The summed E-state index contributed by atoms with van der Waals surface area (Å²) in [6.45, 7) is 2.03. The minimum Gasteiger partial charge on any atom is -0.382 e. The summed E-state index contributed by atoms with van der Waals surface area (Å²) in [6, 6.07) is 26.1. The van der Waals surface area contributed by atoms with Crippen LogP contribution >= 0.6 is 0 Å². The van der Waals surface area contributed by atoms with Crippen molar-refractivity contribution < 1.29 is 0 Å². The lowest BCUT2D eigenvalue weighted by Gasteiger charge is -2.18. The molecule has 4 aromatic rings. The van der Waals surface area contributed by atoms with E-state index in [0.717, 1.165) is 57.7 Å². The molecule has 0 bridgehead atoms. The van der Waals surface area contributed by atoms with E-state index in [4.69, 9.17) is 4.98 Å². The Bertz CT molecular complexity index is 1320. The summed E-state index contributed by atoms with van der Waals surface area (Å²) >= 11 is 0. The van der Waals surface area contributed by atoms with Gasteiger partial charge in [0.15, 0.2) is 5.84 Å². The first kappa shape index (κ1) is 18.8. The SMILES string of the molecule is Cc1nc2ccc(NC3Cc4ccccc4C3)cc2c(-c2ccccc2)c1C1=NNNN1. The normalized spacial score (nSPS) is 15.2. The quantitative estimate of drug-likeness (QED) is 0.401. The average molecular weight is 421 g/mol. The van der Waals surface area contributed by atoms with Gasteiger partial charge in [0.1, 0.15) is 0 Å². The van der Waals surface area contributed by atoms with Crippen molar-refractivity contribution in [1.82, 2.24) is 21.5 Å². The van der Waals surface area contributed by atoms with Gasteiger partial charge in [-0.05, 0) is 54.7 Å². The zero-order valence-corrected chi connectivity index (χ0v) is 17.8. The minimum absolute atomic E-state index is 0.400. The summed E-state index contributed by atoms with van der Waals surface area (Å²) in [4.78, 5) is 4.91. The highest BCUT2D eigenvalue weighted by Crippen LogP contribution is 2.35. The molecule has 0 saturated carbocycles. The zero-order chi connectivity index (χ0) is 21.5. The summed E-state index contributed by atoms with van der Waals surface area (Å²) in [5.41, 5.74) is 17.9. The number of aryl methyl sites for hydroxylation is 1. The second-order valence-corrected chi connectivity index (χ2v) is 8.39. The van der Waals surface area contributed by atoms with Crippen molar-refractivity contribution in [2.24, 2.45) is 5.10 Å². The van der Waals surface area contributed by atoms with Crippen LogP contribution in [0, 0.1) is 6.92 Å². The fourth-order valence-corrected chi connectivity index (χ4v) is 4.88. The lowest BCUT2D eigenvalue weighted by molar-refractivity contribution is 0.577. The van der Waals surface area contributed by atoms with Gasteiger partial charge >= 0.3 is 0 Å². The molecule has 6 rings (SSSR count). The van der Waals surface area contributed by atoms with Crippen LogP contribution < -0.4 is 21.8 Å². The summed E-state index contributed by atoms with van der Waals surface area (Å²) in [7, 11) is 0. The summed E-state index contributed by atoms with van der Waals surface area (Å²) in [5, 5.41) is 9.25. The summed E-state index contributed by atoms with van der Waals surface area (Å²) < 4.78 is 0. The van der Waals surface area contributed by atoms with Gasteiger partial charge in [-0.1, -0.05) is 54.6 Å². The summed E-state index contributed by atoms with van der Waals surface area (Å²) in [6.07, 6.45) is 2.10. The van der Waals surface area contributed by atoms with Crippen molar-refractivity contribution in [3.63, 3.8) is 0 Å². The van der Waals surface area contributed by atoms with E-state index in [1.54, 1.807) is 0 Å². The van der Waals surface area contributed by atoms with Gasteiger partial charge in [0.25, 0.3) is 0 Å². The number of fused-ring (bicyclic) bond motifs is 2. The van der Waals surface area contributed by atoms with Gasteiger partial charge in [0, 0.05) is 33.9 Å². The van der Waals surface area contributed by atoms with Gasteiger partial charge in [-0.2, -0.15) is 0 Å². The van der Waals surface area contributed by atoms with Crippen LogP contribution in [0.25, 0.3) is 22.0 Å². The first-order valence-electron chi connectivity index (χ1n) is 10.9. The van der Waals surface area contributed by atoms with E-state index in [1.165, 1.54) is 11.1 Å². The second-order valence-electron chi connectivity index (χ2n) is 8.39. The maximum absolute atomic E-state index is 4.91.